The summed E-state index contributed by atoms with van der Waals surface area (Å²) in [6.45, 7) is -0.168. The molecule has 0 radical (unpaired) electrons. The van der Waals surface area contributed by atoms with Crippen molar-refractivity contribution in [1.82, 2.24) is 4.98 Å². The van der Waals surface area contributed by atoms with E-state index in [9.17, 15) is 8.42 Å². The lowest BCUT2D eigenvalue weighted by atomic mass is 10.2. The van der Waals surface area contributed by atoms with E-state index in [-0.39, 0.29) is 11.5 Å². The van der Waals surface area contributed by atoms with Crippen molar-refractivity contribution in [2.24, 2.45) is 0 Å². The molecule has 108 valence electrons. The molecule has 2 heterocycles. The van der Waals surface area contributed by atoms with Gasteiger partial charge < -0.3 is 5.11 Å². The summed E-state index contributed by atoms with van der Waals surface area (Å²) < 4.78 is 27.3. The zero-order valence-electron chi connectivity index (χ0n) is 10.9. The van der Waals surface area contributed by atoms with Crippen LogP contribution in [-0.4, -0.2) is 18.5 Å². The second-order valence-corrected chi connectivity index (χ2v) is 7.07. The number of nitrogens with zero attached hydrogens (tertiary/aromatic N) is 1. The number of hydrogen-bond donors (Lipinski definition) is 2. The number of nitrogens with one attached hydrogen (secondary N) is 1. The standard InChI is InChI=1S/C14H12N2O3S2/c17-8-10-7-11(9-20-10)21(18,19)16-14-5-1-4-13-12(14)3-2-6-15-13/h1-7,9,16-17H,8H2. The van der Waals surface area contributed by atoms with E-state index in [0.29, 0.717) is 10.6 Å². The maximum atomic E-state index is 12.4. The van der Waals surface area contributed by atoms with Crippen LogP contribution >= 0.6 is 11.3 Å². The topological polar surface area (TPSA) is 79.3 Å². The van der Waals surface area contributed by atoms with Gasteiger partial charge in [0.05, 0.1) is 22.7 Å². The fourth-order valence-electron chi connectivity index (χ4n) is 1.98. The summed E-state index contributed by atoms with van der Waals surface area (Å²) >= 11 is 1.21. The third-order valence-corrected chi connectivity index (χ3v) is 5.40. The number of thiophene rings is 1. The molecule has 0 saturated carbocycles. The SMILES string of the molecule is O=S(=O)(Nc1cccc2ncccc12)c1csc(CO)c1. The van der Waals surface area contributed by atoms with Crippen molar-refractivity contribution in [2.45, 2.75) is 11.5 Å². The van der Waals surface area contributed by atoms with Gasteiger partial charge in [-0.25, -0.2) is 8.42 Å². The van der Waals surface area contributed by atoms with Crippen LogP contribution in [0.15, 0.2) is 52.9 Å². The van der Waals surface area contributed by atoms with Crippen LogP contribution in [0.3, 0.4) is 0 Å². The van der Waals surface area contributed by atoms with Gasteiger partial charge in [-0.15, -0.1) is 11.3 Å². The summed E-state index contributed by atoms with van der Waals surface area (Å²) in [5.74, 6) is 0. The molecule has 0 fully saturated rings. The summed E-state index contributed by atoms with van der Waals surface area (Å²) in [7, 11) is -3.67. The second-order valence-electron chi connectivity index (χ2n) is 4.39. The molecule has 2 aromatic heterocycles. The third-order valence-electron chi connectivity index (χ3n) is 2.99. The Balaban J connectivity index is 2.01. The Morgan fingerprint density at radius 1 is 1.24 bits per heavy atom. The molecule has 21 heavy (non-hydrogen) atoms. The highest BCUT2D eigenvalue weighted by Gasteiger charge is 2.17. The van der Waals surface area contributed by atoms with Crippen molar-refractivity contribution < 1.29 is 13.5 Å². The van der Waals surface area contributed by atoms with Crippen molar-refractivity contribution in [3.8, 4) is 0 Å². The van der Waals surface area contributed by atoms with Gasteiger partial charge in [0.1, 0.15) is 0 Å². The Hall–Kier alpha value is -1.96. The van der Waals surface area contributed by atoms with E-state index in [1.807, 2.05) is 12.1 Å². The number of fused-ring (bicyclic) bond motifs is 1. The van der Waals surface area contributed by atoms with Crippen LogP contribution in [0.2, 0.25) is 0 Å². The van der Waals surface area contributed by atoms with Crippen LogP contribution in [0, 0.1) is 0 Å². The van der Waals surface area contributed by atoms with Crippen molar-refractivity contribution in [3.63, 3.8) is 0 Å². The van der Waals surface area contributed by atoms with E-state index in [1.165, 1.54) is 22.8 Å². The van der Waals surface area contributed by atoms with Crippen LogP contribution in [0.25, 0.3) is 10.9 Å². The Morgan fingerprint density at radius 2 is 2.10 bits per heavy atom. The molecule has 7 heteroatoms. The van der Waals surface area contributed by atoms with E-state index in [2.05, 4.69) is 9.71 Å². The zero-order chi connectivity index (χ0) is 14.9. The van der Waals surface area contributed by atoms with Crippen molar-refractivity contribution in [3.05, 3.63) is 52.9 Å². The minimum absolute atomic E-state index is 0.150. The molecule has 1 aromatic carbocycles. The molecule has 3 aromatic rings. The molecule has 0 saturated heterocycles. The van der Waals surface area contributed by atoms with Gasteiger partial charge in [0.15, 0.2) is 0 Å². The van der Waals surface area contributed by atoms with Gasteiger partial charge in [0, 0.05) is 21.8 Å². The van der Waals surface area contributed by atoms with E-state index in [1.54, 1.807) is 24.4 Å². The highest BCUT2D eigenvalue weighted by molar-refractivity contribution is 7.92. The molecule has 2 N–H and O–H groups in total. The van der Waals surface area contributed by atoms with Gasteiger partial charge in [-0.05, 0) is 30.3 Å². The molecule has 0 atom stereocenters. The monoisotopic (exact) mass is 320 g/mol. The first-order valence-corrected chi connectivity index (χ1v) is 8.51. The lowest BCUT2D eigenvalue weighted by Gasteiger charge is -2.09. The molecule has 0 spiro atoms. The Kier molecular flexibility index (Phi) is 3.62. The largest absolute Gasteiger partial charge is 0.391 e. The van der Waals surface area contributed by atoms with Crippen LogP contribution in [0.4, 0.5) is 5.69 Å². The van der Waals surface area contributed by atoms with Gasteiger partial charge in [-0.1, -0.05) is 6.07 Å². The van der Waals surface area contributed by atoms with Crippen LogP contribution < -0.4 is 4.72 Å². The average molecular weight is 320 g/mol. The van der Waals surface area contributed by atoms with E-state index >= 15 is 0 Å². The molecule has 0 unspecified atom stereocenters. The van der Waals surface area contributed by atoms with E-state index in [4.69, 9.17) is 5.11 Å². The van der Waals surface area contributed by atoms with Gasteiger partial charge >= 0.3 is 0 Å². The fraction of sp³-hybridized carbons (Fsp3) is 0.0714. The number of sulfonamides is 1. The van der Waals surface area contributed by atoms with Crippen molar-refractivity contribution in [2.75, 3.05) is 4.72 Å². The maximum absolute atomic E-state index is 12.4. The van der Waals surface area contributed by atoms with E-state index < -0.39 is 10.0 Å². The minimum atomic E-state index is -3.67. The Morgan fingerprint density at radius 3 is 2.86 bits per heavy atom. The third kappa shape index (κ3) is 2.76. The maximum Gasteiger partial charge on any atom is 0.262 e. The molecular formula is C14H12N2O3S2. The number of rotatable bonds is 4. The molecule has 5 nitrogen and oxygen atoms in total. The Labute approximate surface area is 125 Å². The van der Waals surface area contributed by atoms with Gasteiger partial charge in [0.25, 0.3) is 10.0 Å². The summed E-state index contributed by atoms with van der Waals surface area (Å²) in [6, 6.07) is 10.3. The summed E-state index contributed by atoms with van der Waals surface area (Å²) in [5, 5.41) is 11.3. The normalized spacial score (nSPS) is 11.7. The number of aliphatic hydroxyl groups excluding tert-OH is 1. The smallest absolute Gasteiger partial charge is 0.262 e. The second kappa shape index (κ2) is 5.44. The lowest BCUT2D eigenvalue weighted by Crippen LogP contribution is -2.12. The first kappa shape index (κ1) is 14.0. The van der Waals surface area contributed by atoms with Crippen LogP contribution in [0.5, 0.6) is 0 Å². The van der Waals surface area contributed by atoms with Crippen molar-refractivity contribution in [1.29, 1.82) is 0 Å². The number of aliphatic hydroxyl groups is 1. The predicted octanol–water partition coefficient (Wildman–Crippen LogP) is 2.59. The molecule has 0 aliphatic carbocycles. The summed E-state index contributed by atoms with van der Waals surface area (Å²) in [6.07, 6.45) is 1.66. The number of hydrogen-bond acceptors (Lipinski definition) is 5. The lowest BCUT2D eigenvalue weighted by molar-refractivity contribution is 0.285. The first-order valence-electron chi connectivity index (χ1n) is 6.15. The average Bonchev–Trinajstić information content (AvgIpc) is 2.97. The van der Waals surface area contributed by atoms with Gasteiger partial charge in [-0.3, -0.25) is 9.71 Å². The number of aromatic nitrogens is 1. The highest BCUT2D eigenvalue weighted by atomic mass is 32.2. The molecule has 3 rings (SSSR count). The van der Waals surface area contributed by atoms with Crippen molar-refractivity contribution >= 4 is 38.0 Å². The molecule has 0 amide bonds. The van der Waals surface area contributed by atoms with Gasteiger partial charge in [-0.2, -0.15) is 0 Å². The summed E-state index contributed by atoms with van der Waals surface area (Å²) in [4.78, 5) is 4.95. The first-order chi connectivity index (χ1) is 10.1. The molecule has 0 bridgehead atoms. The number of anilines is 1. The number of pyridine rings is 1. The van der Waals surface area contributed by atoms with Crippen LogP contribution in [0.1, 0.15) is 4.88 Å². The zero-order valence-corrected chi connectivity index (χ0v) is 12.5. The fourth-order valence-corrected chi connectivity index (χ4v) is 4.19. The quantitative estimate of drug-likeness (QED) is 0.774. The predicted molar refractivity (Wildman–Crippen MR) is 82.8 cm³/mol. The Bertz CT molecular complexity index is 883. The molecular weight excluding hydrogens is 308 g/mol. The van der Waals surface area contributed by atoms with E-state index in [0.717, 1.165) is 10.9 Å². The molecule has 0 aliphatic rings. The van der Waals surface area contributed by atoms with Gasteiger partial charge in [0.2, 0.25) is 0 Å². The number of benzene rings is 1. The molecule has 0 aliphatic heterocycles. The minimum Gasteiger partial charge on any atom is -0.391 e. The highest BCUT2D eigenvalue weighted by Crippen LogP contribution is 2.26. The summed E-state index contributed by atoms with van der Waals surface area (Å²) in [5.41, 5.74) is 1.21. The van der Waals surface area contributed by atoms with Crippen LogP contribution in [-0.2, 0) is 16.6 Å².